The molecule has 34 heavy (non-hydrogen) atoms. The van der Waals surface area contributed by atoms with E-state index in [-0.39, 0.29) is 51.7 Å². The van der Waals surface area contributed by atoms with E-state index in [0.29, 0.717) is 13.0 Å². The summed E-state index contributed by atoms with van der Waals surface area (Å²) < 4.78 is 51.9. The highest BCUT2D eigenvalue weighted by Gasteiger charge is 2.66. The number of carbonyl (C=O) groups excluding carboxylic acids is 1. The second kappa shape index (κ2) is 9.41. The van der Waals surface area contributed by atoms with Gasteiger partial charge >= 0.3 is 0 Å². The van der Waals surface area contributed by atoms with Gasteiger partial charge in [-0.2, -0.15) is 0 Å². The number of rotatable bonds is 9. The molecule has 1 fully saturated rings. The standard InChI is InChI=1S/C22H24F3N5O3S/c1-21(16-8-22(16,11-32-2)34-20(26)30-21)13-6-12(7-14(24)18(13)25)29-19(31)15-9-28-17(10-27-15)33-5-3-4-23/h6-7,9-10,16H,3-5,8,11H2,1-2H3,(H2,26,30)(H,29,31)/t16?,21-,22-/m1/s1. The van der Waals surface area contributed by atoms with Gasteiger partial charge in [0, 0.05) is 36.8 Å². The molecule has 1 aliphatic heterocycles. The van der Waals surface area contributed by atoms with E-state index < -0.39 is 29.8 Å². The number of nitrogens with zero attached hydrogens (tertiary/aromatic N) is 3. The van der Waals surface area contributed by atoms with Crippen LogP contribution in [0.4, 0.5) is 18.9 Å². The van der Waals surface area contributed by atoms with Gasteiger partial charge in [-0.3, -0.25) is 14.2 Å². The van der Waals surface area contributed by atoms with Crippen molar-refractivity contribution in [2.45, 2.75) is 30.1 Å². The summed E-state index contributed by atoms with van der Waals surface area (Å²) in [6.07, 6.45) is 3.29. The number of aromatic nitrogens is 2. The number of nitrogens with one attached hydrogen (secondary N) is 1. The van der Waals surface area contributed by atoms with E-state index in [9.17, 15) is 18.0 Å². The molecule has 8 nitrogen and oxygen atoms in total. The summed E-state index contributed by atoms with van der Waals surface area (Å²) in [6.45, 7) is 1.72. The highest BCUT2D eigenvalue weighted by molar-refractivity contribution is 8.15. The Hall–Kier alpha value is -2.86. The predicted octanol–water partition coefficient (Wildman–Crippen LogP) is 3.43. The first-order valence-electron chi connectivity index (χ1n) is 10.6. The van der Waals surface area contributed by atoms with Crippen LogP contribution in [0.5, 0.6) is 5.88 Å². The molecule has 0 radical (unpaired) electrons. The number of fused-ring (bicyclic) bond motifs is 1. The topological polar surface area (TPSA) is 112 Å². The maximum Gasteiger partial charge on any atom is 0.275 e. The van der Waals surface area contributed by atoms with E-state index in [1.807, 2.05) is 0 Å². The Morgan fingerprint density at radius 3 is 2.79 bits per heavy atom. The van der Waals surface area contributed by atoms with Crippen molar-refractivity contribution >= 4 is 28.5 Å². The van der Waals surface area contributed by atoms with Crippen molar-refractivity contribution in [2.75, 3.05) is 32.3 Å². The summed E-state index contributed by atoms with van der Waals surface area (Å²) >= 11 is 1.39. The van der Waals surface area contributed by atoms with E-state index in [4.69, 9.17) is 15.2 Å². The molecule has 0 spiro atoms. The highest BCUT2D eigenvalue weighted by atomic mass is 32.2. The van der Waals surface area contributed by atoms with Gasteiger partial charge in [0.05, 0.1) is 42.6 Å². The molecular weight excluding hydrogens is 471 g/mol. The number of methoxy groups -OCH3 is 1. The van der Waals surface area contributed by atoms with Gasteiger partial charge in [0.15, 0.2) is 16.8 Å². The lowest BCUT2D eigenvalue weighted by Crippen LogP contribution is -2.38. The number of benzene rings is 1. The third-order valence-electron chi connectivity index (χ3n) is 5.96. The quantitative estimate of drug-likeness (QED) is 0.513. The molecule has 3 atom stereocenters. The lowest BCUT2D eigenvalue weighted by atomic mass is 9.85. The number of amidine groups is 1. The molecule has 0 saturated heterocycles. The molecule has 1 amide bonds. The fraction of sp³-hybridized carbons (Fsp3) is 0.455. The van der Waals surface area contributed by atoms with Crippen LogP contribution in [-0.4, -0.2) is 52.8 Å². The first kappa shape index (κ1) is 24.3. The number of nitrogens with two attached hydrogens (primary N) is 1. The second-order valence-electron chi connectivity index (χ2n) is 8.36. The van der Waals surface area contributed by atoms with E-state index in [2.05, 4.69) is 20.3 Å². The Kier molecular flexibility index (Phi) is 6.72. The van der Waals surface area contributed by atoms with Crippen molar-refractivity contribution in [3.8, 4) is 5.88 Å². The number of aliphatic imine (C=N–C) groups is 1. The zero-order valence-electron chi connectivity index (χ0n) is 18.6. The van der Waals surface area contributed by atoms with Crippen LogP contribution in [0.1, 0.15) is 35.8 Å². The van der Waals surface area contributed by atoms with Crippen molar-refractivity contribution in [3.63, 3.8) is 0 Å². The zero-order chi connectivity index (χ0) is 24.5. The zero-order valence-corrected chi connectivity index (χ0v) is 19.4. The largest absolute Gasteiger partial charge is 0.476 e. The maximum absolute atomic E-state index is 15.0. The van der Waals surface area contributed by atoms with Gasteiger partial charge in [-0.05, 0) is 19.4 Å². The lowest BCUT2D eigenvalue weighted by Gasteiger charge is -2.34. The summed E-state index contributed by atoms with van der Waals surface area (Å²) in [4.78, 5) is 25.0. The average molecular weight is 496 g/mol. The van der Waals surface area contributed by atoms with Gasteiger partial charge in [-0.25, -0.2) is 18.7 Å². The van der Waals surface area contributed by atoms with Crippen LogP contribution < -0.4 is 15.8 Å². The molecule has 1 aromatic heterocycles. The van der Waals surface area contributed by atoms with Crippen LogP contribution in [-0.2, 0) is 10.3 Å². The SMILES string of the molecule is COC[C@]12CC1[C@@](C)(c1cc(NC(=O)c3cnc(OCCCF)cn3)cc(F)c1F)N=C(N)S2. The van der Waals surface area contributed by atoms with Gasteiger partial charge in [0.1, 0.15) is 5.69 Å². The second-order valence-corrected chi connectivity index (χ2v) is 9.79. The molecule has 1 aromatic carbocycles. The van der Waals surface area contributed by atoms with Crippen molar-refractivity contribution in [1.82, 2.24) is 9.97 Å². The minimum Gasteiger partial charge on any atom is -0.476 e. The summed E-state index contributed by atoms with van der Waals surface area (Å²) in [5.74, 6) is -2.82. The number of hydrogen-bond acceptors (Lipinski definition) is 8. The fourth-order valence-corrected chi connectivity index (χ4v) is 5.74. The van der Waals surface area contributed by atoms with E-state index in [0.717, 1.165) is 6.07 Å². The summed E-state index contributed by atoms with van der Waals surface area (Å²) in [5, 5.41) is 2.79. The van der Waals surface area contributed by atoms with Gasteiger partial charge in [-0.15, -0.1) is 0 Å². The average Bonchev–Trinajstić information content (AvgIpc) is 3.51. The van der Waals surface area contributed by atoms with Crippen LogP contribution >= 0.6 is 11.8 Å². The number of amides is 1. The van der Waals surface area contributed by atoms with Gasteiger partial charge < -0.3 is 20.5 Å². The minimum absolute atomic E-state index is 0.00303. The molecule has 3 N–H and O–H groups in total. The number of carbonyl (C=O) groups is 1. The summed E-state index contributed by atoms with van der Waals surface area (Å²) in [5.41, 5.74) is 4.89. The monoisotopic (exact) mass is 495 g/mol. The molecule has 2 aromatic rings. The fourth-order valence-electron chi connectivity index (χ4n) is 4.29. The first-order chi connectivity index (χ1) is 16.2. The maximum atomic E-state index is 15.0. The molecule has 1 saturated carbocycles. The van der Waals surface area contributed by atoms with Crippen LogP contribution in [0.3, 0.4) is 0 Å². The van der Waals surface area contributed by atoms with E-state index in [1.165, 1.54) is 30.2 Å². The Labute approximate surface area is 198 Å². The van der Waals surface area contributed by atoms with Crippen molar-refractivity contribution < 1.29 is 27.4 Å². The van der Waals surface area contributed by atoms with Gasteiger partial charge in [-0.1, -0.05) is 11.8 Å². The van der Waals surface area contributed by atoms with Gasteiger partial charge in [0.25, 0.3) is 5.91 Å². The van der Waals surface area contributed by atoms with Crippen LogP contribution in [0.2, 0.25) is 0 Å². The summed E-state index contributed by atoms with van der Waals surface area (Å²) in [6, 6.07) is 2.25. The Bertz CT molecular complexity index is 1120. The molecule has 4 rings (SSSR count). The Morgan fingerprint density at radius 1 is 1.32 bits per heavy atom. The summed E-state index contributed by atoms with van der Waals surface area (Å²) in [7, 11) is 1.58. The number of thioether (sulfide) groups is 1. The highest BCUT2D eigenvalue weighted by Crippen LogP contribution is 2.66. The molecule has 2 heterocycles. The predicted molar refractivity (Wildman–Crippen MR) is 122 cm³/mol. The third kappa shape index (κ3) is 4.56. The van der Waals surface area contributed by atoms with Gasteiger partial charge in [0.2, 0.25) is 5.88 Å². The third-order valence-corrected chi connectivity index (χ3v) is 7.24. The van der Waals surface area contributed by atoms with Crippen LogP contribution in [0, 0.1) is 17.6 Å². The smallest absolute Gasteiger partial charge is 0.275 e. The van der Waals surface area contributed by atoms with E-state index in [1.54, 1.807) is 14.0 Å². The number of halogens is 3. The normalized spacial score (nSPS) is 25.3. The Morgan fingerprint density at radius 2 is 2.12 bits per heavy atom. The number of alkyl halides is 1. The number of hydrogen-bond donors (Lipinski definition) is 2. The molecule has 1 aliphatic carbocycles. The Balaban J connectivity index is 1.57. The molecule has 12 heteroatoms. The lowest BCUT2D eigenvalue weighted by molar-refractivity contribution is 0.102. The van der Waals surface area contributed by atoms with Crippen molar-refractivity contribution in [3.05, 3.63) is 47.4 Å². The first-order valence-corrected chi connectivity index (χ1v) is 11.4. The van der Waals surface area contributed by atoms with Crippen molar-refractivity contribution in [1.29, 1.82) is 0 Å². The van der Waals surface area contributed by atoms with Crippen LogP contribution in [0.25, 0.3) is 0 Å². The number of anilines is 1. The molecule has 2 aliphatic rings. The van der Waals surface area contributed by atoms with E-state index >= 15 is 0 Å². The molecule has 0 bridgehead atoms. The van der Waals surface area contributed by atoms with Crippen molar-refractivity contribution in [2.24, 2.45) is 16.6 Å². The molecular formula is C22H24F3N5O3S. The van der Waals surface area contributed by atoms with Crippen LogP contribution in [0.15, 0.2) is 29.5 Å². The minimum atomic E-state index is -1.13. The number of ether oxygens (including phenoxy) is 2. The molecule has 1 unspecified atom stereocenters. The molecule has 182 valence electrons.